The largest absolute Gasteiger partial charge is 0.351 e. The summed E-state index contributed by atoms with van der Waals surface area (Å²) in [4.78, 5) is 21.6. The standard InChI is InChI=1S/C22H21FN4O2/c1-14-7-8-18-16(11-14)12-19(24-18)22-25-20(26-29-22)9-10-27(2)21(28)13-15-5-3-4-6-17(15)23/h3-8,11-12,24H,9-10,13H2,1-2H3. The summed E-state index contributed by atoms with van der Waals surface area (Å²) in [6.07, 6.45) is 0.470. The quantitative estimate of drug-likeness (QED) is 0.540. The first kappa shape index (κ1) is 18.9. The molecule has 0 aliphatic carbocycles. The van der Waals surface area contributed by atoms with Gasteiger partial charge in [0.2, 0.25) is 5.91 Å². The fourth-order valence-corrected chi connectivity index (χ4v) is 3.16. The molecule has 148 valence electrons. The fraction of sp³-hybridized carbons (Fsp3) is 0.227. The molecule has 0 aliphatic rings. The minimum atomic E-state index is -0.370. The van der Waals surface area contributed by atoms with Gasteiger partial charge in [-0.2, -0.15) is 4.98 Å². The molecule has 0 bridgehead atoms. The number of carbonyl (C=O) groups excluding carboxylic acids is 1. The summed E-state index contributed by atoms with van der Waals surface area (Å²) in [5.74, 6) is 0.393. The lowest BCUT2D eigenvalue weighted by Gasteiger charge is -2.16. The molecule has 0 unspecified atom stereocenters. The average molecular weight is 392 g/mol. The van der Waals surface area contributed by atoms with Crippen LogP contribution in [-0.2, 0) is 17.6 Å². The molecule has 2 aromatic carbocycles. The molecule has 6 nitrogen and oxygen atoms in total. The van der Waals surface area contributed by atoms with Gasteiger partial charge >= 0.3 is 0 Å². The number of amides is 1. The number of hydrogen-bond donors (Lipinski definition) is 1. The lowest BCUT2D eigenvalue weighted by molar-refractivity contribution is -0.129. The van der Waals surface area contributed by atoms with Crippen LogP contribution in [0.1, 0.15) is 17.0 Å². The van der Waals surface area contributed by atoms with Crippen molar-refractivity contribution in [3.8, 4) is 11.6 Å². The van der Waals surface area contributed by atoms with Gasteiger partial charge in [-0.25, -0.2) is 4.39 Å². The number of aromatic amines is 1. The van der Waals surface area contributed by atoms with Crippen LogP contribution >= 0.6 is 0 Å². The predicted octanol–water partition coefficient (Wildman–Crippen LogP) is 3.91. The Morgan fingerprint density at radius 2 is 2.03 bits per heavy atom. The summed E-state index contributed by atoms with van der Waals surface area (Å²) >= 11 is 0. The maximum Gasteiger partial charge on any atom is 0.274 e. The number of aryl methyl sites for hydroxylation is 1. The van der Waals surface area contributed by atoms with Crippen molar-refractivity contribution >= 4 is 16.8 Å². The maximum atomic E-state index is 13.7. The number of nitrogens with one attached hydrogen (secondary N) is 1. The van der Waals surface area contributed by atoms with Crippen LogP contribution < -0.4 is 0 Å². The molecular weight excluding hydrogens is 371 g/mol. The third-order valence-corrected chi connectivity index (χ3v) is 4.87. The molecule has 0 saturated heterocycles. The lowest BCUT2D eigenvalue weighted by Crippen LogP contribution is -2.30. The smallest absolute Gasteiger partial charge is 0.274 e. The van der Waals surface area contributed by atoms with E-state index in [-0.39, 0.29) is 18.1 Å². The molecule has 1 N–H and O–H groups in total. The molecule has 0 radical (unpaired) electrons. The highest BCUT2D eigenvalue weighted by Gasteiger charge is 2.15. The number of halogens is 1. The number of carbonyl (C=O) groups is 1. The molecule has 4 rings (SSSR count). The molecular formula is C22H21FN4O2. The second kappa shape index (κ2) is 7.87. The summed E-state index contributed by atoms with van der Waals surface area (Å²) in [5.41, 5.74) is 3.33. The summed E-state index contributed by atoms with van der Waals surface area (Å²) < 4.78 is 19.1. The molecule has 1 amide bonds. The van der Waals surface area contributed by atoms with Crippen molar-refractivity contribution in [1.82, 2.24) is 20.0 Å². The molecule has 0 fully saturated rings. The average Bonchev–Trinajstić information content (AvgIpc) is 3.34. The Balaban J connectivity index is 1.38. The molecule has 2 heterocycles. The summed E-state index contributed by atoms with van der Waals surface area (Å²) in [5, 5.41) is 5.09. The monoisotopic (exact) mass is 392 g/mol. The zero-order valence-electron chi connectivity index (χ0n) is 16.3. The Bertz CT molecular complexity index is 1160. The topological polar surface area (TPSA) is 75.0 Å². The Kier molecular flexibility index (Phi) is 5.12. The molecule has 0 aliphatic heterocycles. The van der Waals surface area contributed by atoms with E-state index in [4.69, 9.17) is 4.52 Å². The zero-order chi connectivity index (χ0) is 20.4. The SMILES string of the molecule is Cc1ccc2[nH]c(-c3nc(CCN(C)C(=O)Cc4ccccc4F)no3)cc2c1. The number of benzene rings is 2. The van der Waals surface area contributed by atoms with Gasteiger partial charge in [0.25, 0.3) is 5.89 Å². The minimum absolute atomic E-state index is 0.0230. The van der Waals surface area contributed by atoms with E-state index in [0.717, 1.165) is 16.6 Å². The highest BCUT2D eigenvalue weighted by molar-refractivity contribution is 5.85. The first-order valence-electron chi connectivity index (χ1n) is 9.39. The van der Waals surface area contributed by atoms with Crippen LogP contribution in [0.5, 0.6) is 0 Å². The molecule has 7 heteroatoms. The Hall–Kier alpha value is -3.48. The minimum Gasteiger partial charge on any atom is -0.351 e. The molecule has 0 atom stereocenters. The van der Waals surface area contributed by atoms with Crippen molar-refractivity contribution in [2.75, 3.05) is 13.6 Å². The van der Waals surface area contributed by atoms with Gasteiger partial charge in [-0.05, 0) is 36.8 Å². The van der Waals surface area contributed by atoms with Crippen molar-refractivity contribution in [2.24, 2.45) is 0 Å². The third-order valence-electron chi connectivity index (χ3n) is 4.87. The Labute approximate surface area is 167 Å². The fourth-order valence-electron chi connectivity index (χ4n) is 3.16. The van der Waals surface area contributed by atoms with Gasteiger partial charge in [0.1, 0.15) is 11.5 Å². The molecule has 0 spiro atoms. The van der Waals surface area contributed by atoms with E-state index in [9.17, 15) is 9.18 Å². The van der Waals surface area contributed by atoms with Crippen LogP contribution in [0.2, 0.25) is 0 Å². The molecule has 29 heavy (non-hydrogen) atoms. The predicted molar refractivity (Wildman–Crippen MR) is 108 cm³/mol. The van der Waals surface area contributed by atoms with Gasteiger partial charge in [0.15, 0.2) is 5.82 Å². The van der Waals surface area contributed by atoms with E-state index >= 15 is 0 Å². The van der Waals surface area contributed by atoms with E-state index in [0.29, 0.717) is 30.2 Å². The number of nitrogens with zero attached hydrogens (tertiary/aromatic N) is 3. The van der Waals surface area contributed by atoms with Gasteiger partial charge in [-0.15, -0.1) is 0 Å². The van der Waals surface area contributed by atoms with Crippen molar-refractivity contribution in [1.29, 1.82) is 0 Å². The van der Waals surface area contributed by atoms with Crippen LogP contribution in [0.3, 0.4) is 0 Å². The van der Waals surface area contributed by atoms with Crippen molar-refractivity contribution in [2.45, 2.75) is 19.8 Å². The van der Waals surface area contributed by atoms with Gasteiger partial charge in [-0.1, -0.05) is 35.0 Å². The summed E-state index contributed by atoms with van der Waals surface area (Å²) in [6, 6.07) is 14.4. The van der Waals surface area contributed by atoms with Crippen LogP contribution in [0.15, 0.2) is 53.1 Å². The van der Waals surface area contributed by atoms with Gasteiger partial charge in [-0.3, -0.25) is 4.79 Å². The highest BCUT2D eigenvalue weighted by Crippen LogP contribution is 2.23. The van der Waals surface area contributed by atoms with Crippen LogP contribution in [0, 0.1) is 12.7 Å². The van der Waals surface area contributed by atoms with E-state index in [1.54, 1.807) is 30.1 Å². The normalized spacial score (nSPS) is 11.1. The van der Waals surface area contributed by atoms with E-state index in [1.807, 2.05) is 25.1 Å². The Morgan fingerprint density at radius 1 is 1.21 bits per heavy atom. The van der Waals surface area contributed by atoms with E-state index < -0.39 is 0 Å². The number of aromatic nitrogens is 3. The summed E-state index contributed by atoms with van der Waals surface area (Å²) in [7, 11) is 1.68. The van der Waals surface area contributed by atoms with Gasteiger partial charge in [0.05, 0.1) is 6.42 Å². The van der Waals surface area contributed by atoms with Crippen LogP contribution in [0.25, 0.3) is 22.5 Å². The van der Waals surface area contributed by atoms with E-state index in [2.05, 4.69) is 21.2 Å². The molecule has 4 aromatic rings. The lowest BCUT2D eigenvalue weighted by atomic mass is 10.1. The number of fused-ring (bicyclic) bond motifs is 1. The van der Waals surface area contributed by atoms with Gasteiger partial charge in [0, 0.05) is 30.9 Å². The zero-order valence-corrected chi connectivity index (χ0v) is 16.3. The van der Waals surface area contributed by atoms with Crippen molar-refractivity contribution < 1.29 is 13.7 Å². The first-order chi connectivity index (χ1) is 14.0. The maximum absolute atomic E-state index is 13.7. The summed E-state index contributed by atoms with van der Waals surface area (Å²) in [6.45, 7) is 2.46. The number of likely N-dealkylation sites (N-methyl/N-ethyl adjacent to an activating group) is 1. The first-order valence-corrected chi connectivity index (χ1v) is 9.39. The van der Waals surface area contributed by atoms with Crippen LogP contribution in [-0.4, -0.2) is 39.5 Å². The number of rotatable bonds is 6. The van der Waals surface area contributed by atoms with Crippen LogP contribution in [0.4, 0.5) is 4.39 Å². The third kappa shape index (κ3) is 4.18. The highest BCUT2D eigenvalue weighted by atomic mass is 19.1. The second-order valence-electron chi connectivity index (χ2n) is 7.12. The molecule has 0 saturated carbocycles. The van der Waals surface area contributed by atoms with Crippen molar-refractivity contribution in [3.05, 3.63) is 71.3 Å². The van der Waals surface area contributed by atoms with E-state index in [1.165, 1.54) is 11.6 Å². The Morgan fingerprint density at radius 3 is 2.86 bits per heavy atom. The van der Waals surface area contributed by atoms with Crippen molar-refractivity contribution in [3.63, 3.8) is 0 Å². The molecule has 2 aromatic heterocycles. The number of hydrogen-bond acceptors (Lipinski definition) is 4. The van der Waals surface area contributed by atoms with Gasteiger partial charge < -0.3 is 14.4 Å². The second-order valence-corrected chi connectivity index (χ2v) is 7.12. The number of H-pyrrole nitrogens is 1.